The minimum absolute atomic E-state index is 0.0417. The molecule has 7 nitrogen and oxygen atoms in total. The van der Waals surface area contributed by atoms with Gasteiger partial charge in [-0.15, -0.1) is 0 Å². The Morgan fingerprint density at radius 3 is 2.50 bits per heavy atom. The van der Waals surface area contributed by atoms with Gasteiger partial charge in [-0.1, -0.05) is 0 Å². The smallest absolute Gasteiger partial charge is 0.416 e. The van der Waals surface area contributed by atoms with Crippen LogP contribution in [0.15, 0.2) is 36.4 Å². The van der Waals surface area contributed by atoms with E-state index < -0.39 is 23.6 Å². The van der Waals surface area contributed by atoms with Gasteiger partial charge in [0.1, 0.15) is 13.2 Å². The van der Waals surface area contributed by atoms with E-state index in [4.69, 9.17) is 9.47 Å². The van der Waals surface area contributed by atoms with Crippen molar-refractivity contribution in [1.29, 1.82) is 0 Å². The van der Waals surface area contributed by atoms with E-state index in [9.17, 15) is 22.8 Å². The van der Waals surface area contributed by atoms with E-state index in [0.717, 1.165) is 12.1 Å². The minimum Gasteiger partial charge on any atom is -0.486 e. The molecule has 0 bridgehead atoms. The quantitative estimate of drug-likeness (QED) is 0.774. The van der Waals surface area contributed by atoms with Gasteiger partial charge in [0, 0.05) is 38.8 Å². The molecule has 10 heteroatoms. The average Bonchev–Trinajstić information content (AvgIpc) is 3.14. The maximum absolute atomic E-state index is 13.2. The lowest BCUT2D eigenvalue weighted by molar-refractivity contribution is -0.137. The Hall–Kier alpha value is -3.43. The standard InChI is InChI=1S/C22H22F3N3O4/c1-27(2)17-5-3-14(22(23,24)25)10-16(17)26-21(30)13-9-20(29)28(12-13)15-4-6-18-19(11-15)32-8-7-31-18/h3-6,10-11,13H,7-9,12H2,1-2H3,(H,26,30). The molecule has 2 aliphatic rings. The molecule has 2 aromatic carbocycles. The third kappa shape index (κ3) is 4.30. The molecule has 2 aromatic rings. The SMILES string of the molecule is CN(C)c1ccc(C(F)(F)F)cc1NC(=O)C1CC(=O)N(c2ccc3c(c2)OCCO3)C1. The van der Waals surface area contributed by atoms with Crippen LogP contribution in [0.2, 0.25) is 0 Å². The van der Waals surface area contributed by atoms with Crippen LogP contribution in [0.25, 0.3) is 0 Å². The van der Waals surface area contributed by atoms with E-state index in [2.05, 4.69) is 5.32 Å². The number of rotatable bonds is 4. The highest BCUT2D eigenvalue weighted by Gasteiger charge is 2.36. The highest BCUT2D eigenvalue weighted by atomic mass is 19.4. The van der Waals surface area contributed by atoms with Crippen LogP contribution in [0.1, 0.15) is 12.0 Å². The van der Waals surface area contributed by atoms with E-state index in [1.54, 1.807) is 37.2 Å². The number of benzene rings is 2. The van der Waals surface area contributed by atoms with Gasteiger partial charge < -0.3 is 24.6 Å². The Bertz CT molecular complexity index is 1060. The zero-order valence-corrected chi connectivity index (χ0v) is 17.5. The van der Waals surface area contributed by atoms with Gasteiger partial charge in [0.05, 0.1) is 22.9 Å². The summed E-state index contributed by atoms with van der Waals surface area (Å²) >= 11 is 0. The lowest BCUT2D eigenvalue weighted by Crippen LogP contribution is -2.29. The van der Waals surface area contributed by atoms with E-state index in [1.165, 1.54) is 11.0 Å². The molecule has 2 heterocycles. The second kappa shape index (κ2) is 8.25. The molecule has 170 valence electrons. The summed E-state index contributed by atoms with van der Waals surface area (Å²) in [7, 11) is 3.34. The lowest BCUT2D eigenvalue weighted by Gasteiger charge is -2.22. The number of alkyl halides is 3. The first kappa shape index (κ1) is 21.8. The number of nitrogens with zero attached hydrogens (tertiary/aromatic N) is 2. The topological polar surface area (TPSA) is 71.1 Å². The fraction of sp³-hybridized carbons (Fsp3) is 0.364. The number of halogens is 3. The first-order valence-corrected chi connectivity index (χ1v) is 10.0. The van der Waals surface area contributed by atoms with Gasteiger partial charge in [-0.2, -0.15) is 13.2 Å². The normalized spacial score (nSPS) is 18.0. The molecule has 1 N–H and O–H groups in total. The number of fused-ring (bicyclic) bond motifs is 1. The maximum atomic E-state index is 13.2. The molecule has 2 amide bonds. The van der Waals surface area contributed by atoms with Crippen molar-refractivity contribution in [2.45, 2.75) is 12.6 Å². The van der Waals surface area contributed by atoms with E-state index in [0.29, 0.717) is 36.1 Å². The zero-order valence-electron chi connectivity index (χ0n) is 17.5. The Kier molecular flexibility index (Phi) is 5.62. The van der Waals surface area contributed by atoms with Crippen LogP contribution < -0.4 is 24.6 Å². The van der Waals surface area contributed by atoms with Crippen molar-refractivity contribution < 1.29 is 32.2 Å². The molecule has 0 spiro atoms. The van der Waals surface area contributed by atoms with Gasteiger partial charge in [-0.05, 0) is 30.3 Å². The fourth-order valence-electron chi connectivity index (χ4n) is 3.77. The van der Waals surface area contributed by atoms with Crippen molar-refractivity contribution in [2.24, 2.45) is 5.92 Å². The summed E-state index contributed by atoms with van der Waals surface area (Å²) in [5, 5.41) is 2.58. The van der Waals surface area contributed by atoms with Crippen LogP contribution in [-0.4, -0.2) is 45.7 Å². The number of ether oxygens (including phenoxy) is 2. The number of hydrogen-bond donors (Lipinski definition) is 1. The summed E-state index contributed by atoms with van der Waals surface area (Å²) in [6, 6.07) is 8.28. The van der Waals surface area contributed by atoms with Crippen molar-refractivity contribution in [2.75, 3.05) is 49.0 Å². The number of carbonyl (C=O) groups excluding carboxylic acids is 2. The highest BCUT2D eigenvalue weighted by molar-refractivity contribution is 6.04. The van der Waals surface area contributed by atoms with E-state index >= 15 is 0 Å². The van der Waals surface area contributed by atoms with E-state index in [1.807, 2.05) is 0 Å². The van der Waals surface area contributed by atoms with Gasteiger partial charge in [-0.25, -0.2) is 0 Å². The second-order valence-corrected chi connectivity index (χ2v) is 7.85. The van der Waals surface area contributed by atoms with Crippen molar-refractivity contribution in [3.63, 3.8) is 0 Å². The molecule has 1 unspecified atom stereocenters. The Balaban J connectivity index is 1.52. The predicted molar refractivity (Wildman–Crippen MR) is 112 cm³/mol. The minimum atomic E-state index is -4.54. The third-order valence-corrected chi connectivity index (χ3v) is 5.40. The fourth-order valence-corrected chi connectivity index (χ4v) is 3.77. The molecule has 0 saturated carbocycles. The van der Waals surface area contributed by atoms with E-state index in [-0.39, 0.29) is 24.6 Å². The number of anilines is 3. The van der Waals surface area contributed by atoms with Crippen LogP contribution in [0.3, 0.4) is 0 Å². The molecule has 32 heavy (non-hydrogen) atoms. The van der Waals surface area contributed by atoms with Crippen molar-refractivity contribution in [3.8, 4) is 11.5 Å². The number of amides is 2. The first-order valence-electron chi connectivity index (χ1n) is 10.0. The Morgan fingerprint density at radius 2 is 1.81 bits per heavy atom. The van der Waals surface area contributed by atoms with Gasteiger partial charge in [0.15, 0.2) is 11.5 Å². The summed E-state index contributed by atoms with van der Waals surface area (Å²) in [5.41, 5.74) is 0.181. The van der Waals surface area contributed by atoms with Crippen molar-refractivity contribution in [1.82, 2.24) is 0 Å². The largest absolute Gasteiger partial charge is 0.486 e. The number of nitrogens with one attached hydrogen (secondary N) is 1. The van der Waals surface area contributed by atoms with Gasteiger partial charge in [0.25, 0.3) is 0 Å². The van der Waals surface area contributed by atoms with Crippen LogP contribution in [-0.2, 0) is 15.8 Å². The summed E-state index contributed by atoms with van der Waals surface area (Å²) in [6.45, 7) is 0.961. The third-order valence-electron chi connectivity index (χ3n) is 5.40. The second-order valence-electron chi connectivity index (χ2n) is 7.85. The molecule has 1 fully saturated rings. The molecular formula is C22H22F3N3O4. The number of hydrogen-bond acceptors (Lipinski definition) is 5. The maximum Gasteiger partial charge on any atom is 0.416 e. The monoisotopic (exact) mass is 449 g/mol. The summed E-state index contributed by atoms with van der Waals surface area (Å²) in [5.74, 6) is -0.365. The van der Waals surface area contributed by atoms with Gasteiger partial charge in [0.2, 0.25) is 11.8 Å². The molecule has 2 aliphatic heterocycles. The highest BCUT2D eigenvalue weighted by Crippen LogP contribution is 2.37. The zero-order chi connectivity index (χ0) is 23.0. The first-order chi connectivity index (χ1) is 15.1. The molecule has 4 rings (SSSR count). The molecule has 0 radical (unpaired) electrons. The molecule has 0 aliphatic carbocycles. The molecule has 0 aromatic heterocycles. The van der Waals surface area contributed by atoms with Crippen LogP contribution in [0.4, 0.5) is 30.2 Å². The van der Waals surface area contributed by atoms with Crippen molar-refractivity contribution >= 4 is 28.9 Å². The molecular weight excluding hydrogens is 427 g/mol. The van der Waals surface area contributed by atoms with Crippen LogP contribution in [0.5, 0.6) is 11.5 Å². The lowest BCUT2D eigenvalue weighted by atomic mass is 10.1. The summed E-state index contributed by atoms with van der Waals surface area (Å²) < 4.78 is 50.5. The van der Waals surface area contributed by atoms with Crippen molar-refractivity contribution in [3.05, 3.63) is 42.0 Å². The van der Waals surface area contributed by atoms with Crippen LogP contribution in [0, 0.1) is 5.92 Å². The molecule has 1 atom stereocenters. The van der Waals surface area contributed by atoms with Crippen LogP contribution >= 0.6 is 0 Å². The van der Waals surface area contributed by atoms with Gasteiger partial charge >= 0.3 is 6.18 Å². The molecule has 1 saturated heterocycles. The Morgan fingerprint density at radius 1 is 1.09 bits per heavy atom. The Labute approximate surface area is 182 Å². The van der Waals surface area contributed by atoms with Gasteiger partial charge in [-0.3, -0.25) is 9.59 Å². The summed E-state index contributed by atoms with van der Waals surface area (Å²) in [4.78, 5) is 28.5. The summed E-state index contributed by atoms with van der Waals surface area (Å²) in [6.07, 6.45) is -4.58. The number of carbonyl (C=O) groups is 2. The average molecular weight is 449 g/mol. The predicted octanol–water partition coefficient (Wildman–Crippen LogP) is 3.53.